The third kappa shape index (κ3) is 2.32. The molecule has 2 unspecified atom stereocenters. The van der Waals surface area contributed by atoms with Crippen LogP contribution in [0.5, 0.6) is 0 Å². The Bertz CT molecular complexity index is 404. The van der Waals surface area contributed by atoms with Crippen LogP contribution in [-0.2, 0) is 13.2 Å². The Morgan fingerprint density at radius 2 is 2.00 bits per heavy atom. The first-order valence-electron chi connectivity index (χ1n) is 6.89. The second-order valence-electron chi connectivity index (χ2n) is 5.60. The van der Waals surface area contributed by atoms with Gasteiger partial charge in [-0.05, 0) is 38.4 Å². The summed E-state index contributed by atoms with van der Waals surface area (Å²) in [6.45, 7) is 3.16. The quantitative estimate of drug-likeness (QED) is 0.881. The molecule has 2 bridgehead atoms. The number of nitrogens with zero attached hydrogens (tertiary/aromatic N) is 2. The minimum absolute atomic E-state index is 0.00651. The minimum atomic E-state index is -0.00651. The first-order valence-corrected chi connectivity index (χ1v) is 6.89. The second-order valence-corrected chi connectivity index (χ2v) is 5.60. The van der Waals surface area contributed by atoms with Crippen molar-refractivity contribution in [2.24, 2.45) is 0 Å². The van der Waals surface area contributed by atoms with Crippen LogP contribution >= 0.6 is 0 Å². The van der Waals surface area contributed by atoms with Crippen molar-refractivity contribution in [3.8, 4) is 0 Å². The highest BCUT2D eigenvalue weighted by atomic mass is 16.4. The van der Waals surface area contributed by atoms with E-state index >= 15 is 0 Å². The third-order valence-corrected chi connectivity index (χ3v) is 4.49. The highest BCUT2D eigenvalue weighted by Crippen LogP contribution is 2.29. The molecule has 4 heteroatoms. The van der Waals surface area contributed by atoms with Crippen LogP contribution in [0, 0.1) is 0 Å². The minimum Gasteiger partial charge on any atom is -0.462 e. The summed E-state index contributed by atoms with van der Waals surface area (Å²) in [6, 6.07) is 5.35. The number of rotatable bonds is 3. The molecule has 2 aliphatic rings. The predicted octanol–water partition coefficient (Wildman–Crippen LogP) is 1.44. The van der Waals surface area contributed by atoms with Crippen LogP contribution in [0.4, 0.5) is 0 Å². The lowest BCUT2D eigenvalue weighted by Gasteiger charge is -2.24. The topological polar surface area (TPSA) is 39.9 Å². The third-order valence-electron chi connectivity index (χ3n) is 4.49. The van der Waals surface area contributed by atoms with Gasteiger partial charge in [0.15, 0.2) is 0 Å². The van der Waals surface area contributed by atoms with Crippen LogP contribution in [0.2, 0.25) is 0 Å². The van der Waals surface area contributed by atoms with E-state index in [-0.39, 0.29) is 6.61 Å². The van der Waals surface area contributed by atoms with Gasteiger partial charge in [0.2, 0.25) is 0 Å². The molecular formula is C14H22N2O2. The molecule has 100 valence electrons. The van der Waals surface area contributed by atoms with Gasteiger partial charge in [-0.15, -0.1) is 0 Å². The van der Waals surface area contributed by atoms with Crippen molar-refractivity contribution < 1.29 is 9.52 Å². The molecule has 1 aromatic rings. The van der Waals surface area contributed by atoms with Crippen molar-refractivity contribution in [3.63, 3.8) is 0 Å². The Kier molecular flexibility index (Phi) is 3.41. The second kappa shape index (κ2) is 5.03. The van der Waals surface area contributed by atoms with Gasteiger partial charge in [0.1, 0.15) is 18.1 Å². The van der Waals surface area contributed by atoms with Crippen LogP contribution in [0.3, 0.4) is 0 Å². The van der Waals surface area contributed by atoms with Crippen molar-refractivity contribution in [2.75, 3.05) is 20.1 Å². The van der Waals surface area contributed by atoms with Gasteiger partial charge in [0, 0.05) is 25.2 Å². The molecule has 3 heterocycles. The summed E-state index contributed by atoms with van der Waals surface area (Å²) in [5, 5.41) is 9.01. The first-order chi connectivity index (χ1) is 8.76. The van der Waals surface area contributed by atoms with E-state index in [1.54, 1.807) is 0 Å². The fourth-order valence-corrected chi connectivity index (χ4v) is 3.34. The zero-order valence-corrected chi connectivity index (χ0v) is 11.0. The first kappa shape index (κ1) is 12.2. The van der Waals surface area contributed by atoms with Crippen molar-refractivity contribution in [1.29, 1.82) is 0 Å². The SMILES string of the molecule is CN1C2CCC1CN(Cc1ccc(CO)o1)CC2. The average Bonchev–Trinajstić information content (AvgIpc) is 2.89. The largest absolute Gasteiger partial charge is 0.462 e. The van der Waals surface area contributed by atoms with E-state index in [0.717, 1.165) is 31.4 Å². The number of likely N-dealkylation sites (tertiary alicyclic amines) is 1. The van der Waals surface area contributed by atoms with Crippen LogP contribution < -0.4 is 0 Å². The predicted molar refractivity (Wildman–Crippen MR) is 69.1 cm³/mol. The molecule has 1 aromatic heterocycles. The Morgan fingerprint density at radius 3 is 2.78 bits per heavy atom. The molecule has 0 amide bonds. The lowest BCUT2D eigenvalue weighted by molar-refractivity contribution is 0.197. The summed E-state index contributed by atoms with van der Waals surface area (Å²) < 4.78 is 5.58. The van der Waals surface area contributed by atoms with E-state index in [1.807, 2.05) is 12.1 Å². The number of fused-ring (bicyclic) bond motifs is 2. The molecule has 2 saturated heterocycles. The van der Waals surface area contributed by atoms with Crippen molar-refractivity contribution in [2.45, 2.75) is 44.5 Å². The smallest absolute Gasteiger partial charge is 0.129 e. The van der Waals surface area contributed by atoms with Gasteiger partial charge in [-0.25, -0.2) is 0 Å². The molecule has 3 rings (SSSR count). The lowest BCUT2D eigenvalue weighted by atomic mass is 10.1. The fraction of sp³-hybridized carbons (Fsp3) is 0.714. The highest BCUT2D eigenvalue weighted by molar-refractivity contribution is 5.06. The van der Waals surface area contributed by atoms with Crippen LogP contribution in [-0.4, -0.2) is 47.1 Å². The summed E-state index contributed by atoms with van der Waals surface area (Å²) in [5.41, 5.74) is 0. The Hall–Kier alpha value is -0.840. The summed E-state index contributed by atoms with van der Waals surface area (Å²) in [5.74, 6) is 1.64. The normalized spacial score (nSPS) is 29.7. The molecule has 0 saturated carbocycles. The van der Waals surface area contributed by atoms with Crippen molar-refractivity contribution >= 4 is 0 Å². The van der Waals surface area contributed by atoms with Gasteiger partial charge in [-0.1, -0.05) is 0 Å². The summed E-state index contributed by atoms with van der Waals surface area (Å²) in [6.07, 6.45) is 3.96. The van der Waals surface area contributed by atoms with E-state index in [0.29, 0.717) is 11.8 Å². The van der Waals surface area contributed by atoms with E-state index in [9.17, 15) is 0 Å². The molecule has 2 aliphatic heterocycles. The average molecular weight is 250 g/mol. The molecule has 0 aromatic carbocycles. The Balaban J connectivity index is 1.63. The van der Waals surface area contributed by atoms with E-state index in [2.05, 4.69) is 16.8 Å². The van der Waals surface area contributed by atoms with Gasteiger partial charge in [0.05, 0.1) is 6.54 Å². The van der Waals surface area contributed by atoms with Gasteiger partial charge in [-0.2, -0.15) is 0 Å². The van der Waals surface area contributed by atoms with Gasteiger partial charge in [0.25, 0.3) is 0 Å². The maximum Gasteiger partial charge on any atom is 0.129 e. The molecule has 0 aliphatic carbocycles. The summed E-state index contributed by atoms with van der Waals surface area (Å²) >= 11 is 0. The van der Waals surface area contributed by atoms with Crippen LogP contribution in [0.1, 0.15) is 30.8 Å². The molecule has 4 nitrogen and oxygen atoms in total. The number of hydrogen-bond donors (Lipinski definition) is 1. The zero-order valence-electron chi connectivity index (χ0n) is 11.0. The highest BCUT2D eigenvalue weighted by Gasteiger charge is 2.34. The number of furan rings is 1. The number of aliphatic hydroxyl groups excluding tert-OH is 1. The Morgan fingerprint density at radius 1 is 1.22 bits per heavy atom. The molecule has 1 N–H and O–H groups in total. The molecule has 0 radical (unpaired) electrons. The standard InChI is InChI=1S/C14H22N2O2/c1-15-11-2-3-12(15)8-16(7-6-11)9-13-4-5-14(10-17)18-13/h4-5,11-12,17H,2-3,6-10H2,1H3. The fourth-order valence-electron chi connectivity index (χ4n) is 3.34. The number of hydrogen-bond acceptors (Lipinski definition) is 4. The maximum atomic E-state index is 9.01. The van der Waals surface area contributed by atoms with E-state index in [1.165, 1.54) is 19.3 Å². The molecule has 2 atom stereocenters. The molecule has 18 heavy (non-hydrogen) atoms. The van der Waals surface area contributed by atoms with Gasteiger partial charge < -0.3 is 9.52 Å². The summed E-state index contributed by atoms with van der Waals surface area (Å²) in [7, 11) is 2.27. The molecular weight excluding hydrogens is 228 g/mol. The van der Waals surface area contributed by atoms with E-state index in [4.69, 9.17) is 9.52 Å². The lowest BCUT2D eigenvalue weighted by Crippen LogP contribution is -2.36. The van der Waals surface area contributed by atoms with Crippen molar-refractivity contribution in [1.82, 2.24) is 9.80 Å². The summed E-state index contributed by atoms with van der Waals surface area (Å²) in [4.78, 5) is 5.04. The molecule has 0 spiro atoms. The van der Waals surface area contributed by atoms with E-state index < -0.39 is 0 Å². The van der Waals surface area contributed by atoms with Crippen LogP contribution in [0.25, 0.3) is 0 Å². The zero-order chi connectivity index (χ0) is 12.5. The monoisotopic (exact) mass is 250 g/mol. The number of likely N-dealkylation sites (N-methyl/N-ethyl adjacent to an activating group) is 1. The van der Waals surface area contributed by atoms with Crippen molar-refractivity contribution in [3.05, 3.63) is 23.7 Å². The van der Waals surface area contributed by atoms with Gasteiger partial charge in [-0.3, -0.25) is 9.80 Å². The van der Waals surface area contributed by atoms with Crippen LogP contribution in [0.15, 0.2) is 16.5 Å². The number of aliphatic hydroxyl groups is 1. The maximum absolute atomic E-state index is 9.01. The molecule has 2 fully saturated rings. The Labute approximate surface area is 108 Å². The van der Waals surface area contributed by atoms with Gasteiger partial charge >= 0.3 is 0 Å².